The van der Waals surface area contributed by atoms with Crippen LogP contribution >= 0.6 is 11.8 Å². The largest absolute Gasteiger partial charge is 0.381 e. The SMILES string of the molecule is N#Cc1cc(CNc2ccc(SC(F)F)cc2)ccc1F. The average molecular weight is 308 g/mol. The molecule has 0 saturated carbocycles. The van der Waals surface area contributed by atoms with E-state index in [0.29, 0.717) is 23.2 Å². The van der Waals surface area contributed by atoms with Crippen molar-refractivity contribution in [2.45, 2.75) is 17.2 Å². The summed E-state index contributed by atoms with van der Waals surface area (Å²) < 4.78 is 37.5. The van der Waals surface area contributed by atoms with Crippen molar-refractivity contribution in [2.24, 2.45) is 0 Å². The maximum Gasteiger partial charge on any atom is 0.288 e. The van der Waals surface area contributed by atoms with Crippen LogP contribution in [0.1, 0.15) is 11.1 Å². The summed E-state index contributed by atoms with van der Waals surface area (Å²) in [5, 5.41) is 11.8. The van der Waals surface area contributed by atoms with Gasteiger partial charge in [-0.2, -0.15) is 14.0 Å². The molecular weight excluding hydrogens is 297 g/mol. The first-order valence-corrected chi connectivity index (χ1v) is 6.94. The number of nitrogens with zero attached hydrogens (tertiary/aromatic N) is 1. The van der Waals surface area contributed by atoms with E-state index in [9.17, 15) is 13.2 Å². The monoisotopic (exact) mass is 308 g/mol. The fourth-order valence-electron chi connectivity index (χ4n) is 1.73. The Balaban J connectivity index is 1.98. The summed E-state index contributed by atoms with van der Waals surface area (Å²) in [6.45, 7) is 0.413. The van der Waals surface area contributed by atoms with Crippen LogP contribution in [0, 0.1) is 17.1 Å². The van der Waals surface area contributed by atoms with Crippen molar-refractivity contribution in [3.63, 3.8) is 0 Å². The van der Waals surface area contributed by atoms with Crippen LogP contribution in [-0.2, 0) is 6.54 Å². The number of alkyl halides is 2. The third-order valence-electron chi connectivity index (χ3n) is 2.73. The van der Waals surface area contributed by atoms with Gasteiger partial charge in [0, 0.05) is 17.1 Å². The fourth-order valence-corrected chi connectivity index (χ4v) is 2.23. The molecule has 2 nitrogen and oxygen atoms in total. The van der Waals surface area contributed by atoms with E-state index in [1.807, 2.05) is 0 Å². The molecule has 0 aromatic heterocycles. The van der Waals surface area contributed by atoms with Crippen LogP contribution in [-0.4, -0.2) is 5.76 Å². The van der Waals surface area contributed by atoms with Gasteiger partial charge in [0.1, 0.15) is 11.9 Å². The molecule has 0 aliphatic carbocycles. The average Bonchev–Trinajstić information content (AvgIpc) is 2.47. The number of thioether (sulfide) groups is 1. The highest BCUT2D eigenvalue weighted by Crippen LogP contribution is 2.26. The van der Waals surface area contributed by atoms with Gasteiger partial charge in [-0.3, -0.25) is 0 Å². The Labute approximate surface area is 124 Å². The zero-order valence-electron chi connectivity index (χ0n) is 10.8. The lowest BCUT2D eigenvalue weighted by Gasteiger charge is -2.08. The predicted octanol–water partition coefficient (Wildman–Crippen LogP) is 4.62. The van der Waals surface area contributed by atoms with Crippen LogP contribution in [0.4, 0.5) is 18.9 Å². The number of rotatable bonds is 5. The van der Waals surface area contributed by atoms with E-state index in [1.165, 1.54) is 12.1 Å². The minimum absolute atomic E-state index is 0.00187. The van der Waals surface area contributed by atoms with Crippen LogP contribution in [0.25, 0.3) is 0 Å². The lowest BCUT2D eigenvalue weighted by Crippen LogP contribution is -2.00. The Morgan fingerprint density at radius 1 is 1.14 bits per heavy atom. The lowest BCUT2D eigenvalue weighted by atomic mass is 10.1. The zero-order chi connectivity index (χ0) is 15.2. The lowest BCUT2D eigenvalue weighted by molar-refractivity contribution is 0.252. The van der Waals surface area contributed by atoms with Crippen LogP contribution in [0.15, 0.2) is 47.4 Å². The van der Waals surface area contributed by atoms with Gasteiger partial charge >= 0.3 is 0 Å². The second-order valence-electron chi connectivity index (χ2n) is 4.18. The first-order valence-electron chi connectivity index (χ1n) is 6.06. The maximum absolute atomic E-state index is 13.2. The molecule has 0 radical (unpaired) electrons. The molecule has 0 atom stereocenters. The molecule has 2 aromatic rings. The van der Waals surface area contributed by atoms with Crippen molar-refractivity contribution >= 4 is 17.4 Å². The van der Waals surface area contributed by atoms with Crippen molar-refractivity contribution < 1.29 is 13.2 Å². The van der Waals surface area contributed by atoms with Gasteiger partial charge < -0.3 is 5.32 Å². The molecule has 21 heavy (non-hydrogen) atoms. The van der Waals surface area contributed by atoms with Crippen molar-refractivity contribution in [3.8, 4) is 6.07 Å². The van der Waals surface area contributed by atoms with E-state index in [2.05, 4.69) is 5.32 Å². The van der Waals surface area contributed by atoms with Crippen LogP contribution in [0.3, 0.4) is 0 Å². The van der Waals surface area contributed by atoms with E-state index < -0.39 is 11.6 Å². The number of benzene rings is 2. The normalized spacial score (nSPS) is 10.4. The Morgan fingerprint density at radius 2 is 1.86 bits per heavy atom. The van der Waals surface area contributed by atoms with E-state index in [0.717, 1.165) is 11.3 Å². The summed E-state index contributed by atoms with van der Waals surface area (Å²) in [4.78, 5) is 0.490. The molecule has 2 aromatic carbocycles. The Bertz CT molecular complexity index is 651. The van der Waals surface area contributed by atoms with Gasteiger partial charge in [0.05, 0.1) is 5.56 Å². The summed E-state index contributed by atoms with van der Waals surface area (Å²) in [5.74, 6) is -2.98. The van der Waals surface area contributed by atoms with Gasteiger partial charge in [-0.05, 0) is 42.0 Å². The fraction of sp³-hybridized carbons (Fsp3) is 0.133. The van der Waals surface area contributed by atoms with Gasteiger partial charge in [-0.1, -0.05) is 17.8 Å². The molecule has 2 rings (SSSR count). The van der Waals surface area contributed by atoms with E-state index in [-0.39, 0.29) is 5.56 Å². The molecule has 108 valence electrons. The number of halogens is 3. The second kappa shape index (κ2) is 7.04. The molecule has 0 fully saturated rings. The van der Waals surface area contributed by atoms with Gasteiger partial charge in [0.2, 0.25) is 0 Å². The first kappa shape index (κ1) is 15.3. The highest BCUT2D eigenvalue weighted by atomic mass is 32.2. The van der Waals surface area contributed by atoms with Crippen molar-refractivity contribution in [1.82, 2.24) is 0 Å². The molecule has 0 aliphatic heterocycles. The van der Waals surface area contributed by atoms with Crippen LogP contribution < -0.4 is 5.32 Å². The van der Waals surface area contributed by atoms with E-state index >= 15 is 0 Å². The molecule has 6 heteroatoms. The van der Waals surface area contributed by atoms with Crippen LogP contribution in [0.5, 0.6) is 0 Å². The number of hydrogen-bond donors (Lipinski definition) is 1. The third kappa shape index (κ3) is 4.43. The maximum atomic E-state index is 13.2. The Hall–Kier alpha value is -2.13. The Kier molecular flexibility index (Phi) is 5.12. The van der Waals surface area contributed by atoms with E-state index in [4.69, 9.17) is 5.26 Å². The summed E-state index contributed by atoms with van der Waals surface area (Å²) in [6.07, 6.45) is 0. The summed E-state index contributed by atoms with van der Waals surface area (Å²) in [7, 11) is 0. The highest BCUT2D eigenvalue weighted by Gasteiger charge is 2.05. The number of hydrogen-bond acceptors (Lipinski definition) is 3. The van der Waals surface area contributed by atoms with Crippen molar-refractivity contribution in [1.29, 1.82) is 5.26 Å². The molecule has 0 saturated heterocycles. The number of nitrogens with one attached hydrogen (secondary N) is 1. The number of nitriles is 1. The smallest absolute Gasteiger partial charge is 0.288 e. The molecule has 0 spiro atoms. The quantitative estimate of drug-likeness (QED) is 0.818. The van der Waals surface area contributed by atoms with Crippen molar-refractivity contribution in [2.75, 3.05) is 5.32 Å². The molecule has 0 amide bonds. The van der Waals surface area contributed by atoms with Gasteiger partial charge in [-0.25, -0.2) is 4.39 Å². The standard InChI is InChI=1S/C15H11F3N2S/c16-14-6-1-10(7-11(14)8-19)9-20-12-2-4-13(5-3-12)21-15(17)18/h1-7,15,20H,9H2. The van der Waals surface area contributed by atoms with Crippen molar-refractivity contribution in [3.05, 3.63) is 59.4 Å². The molecule has 1 N–H and O–H groups in total. The van der Waals surface area contributed by atoms with Gasteiger partial charge in [0.15, 0.2) is 0 Å². The zero-order valence-corrected chi connectivity index (χ0v) is 11.6. The summed E-state index contributed by atoms with van der Waals surface area (Å²) in [6, 6.07) is 12.7. The third-order valence-corrected chi connectivity index (χ3v) is 3.45. The van der Waals surface area contributed by atoms with Gasteiger partial charge in [-0.15, -0.1) is 0 Å². The first-order chi connectivity index (χ1) is 10.1. The molecule has 0 aliphatic rings. The van der Waals surface area contributed by atoms with Crippen LogP contribution in [0.2, 0.25) is 0 Å². The number of anilines is 1. The summed E-state index contributed by atoms with van der Waals surface area (Å²) >= 11 is 0.489. The Morgan fingerprint density at radius 3 is 2.48 bits per heavy atom. The topological polar surface area (TPSA) is 35.8 Å². The molecular formula is C15H11F3N2S. The second-order valence-corrected chi connectivity index (χ2v) is 5.25. The predicted molar refractivity (Wildman–Crippen MR) is 76.7 cm³/mol. The minimum Gasteiger partial charge on any atom is -0.381 e. The summed E-state index contributed by atoms with van der Waals surface area (Å²) in [5.41, 5.74) is 1.52. The van der Waals surface area contributed by atoms with Gasteiger partial charge in [0.25, 0.3) is 5.76 Å². The molecule has 0 heterocycles. The molecule has 0 unspecified atom stereocenters. The highest BCUT2D eigenvalue weighted by molar-refractivity contribution is 7.99. The minimum atomic E-state index is -2.44. The van der Waals surface area contributed by atoms with E-state index in [1.54, 1.807) is 36.4 Å². The molecule has 0 bridgehead atoms.